The summed E-state index contributed by atoms with van der Waals surface area (Å²) in [6.07, 6.45) is -0.472. The number of carbonyl (C=O) groups is 5. The van der Waals surface area contributed by atoms with Gasteiger partial charge in [0.2, 0.25) is 23.6 Å². The van der Waals surface area contributed by atoms with Crippen molar-refractivity contribution >= 4 is 29.6 Å². The lowest BCUT2D eigenvalue weighted by Gasteiger charge is -2.30. The summed E-state index contributed by atoms with van der Waals surface area (Å²) in [7, 11) is 0. The Labute approximate surface area is 296 Å². The van der Waals surface area contributed by atoms with Crippen LogP contribution in [0.2, 0.25) is 0 Å². The van der Waals surface area contributed by atoms with Crippen LogP contribution in [0.3, 0.4) is 0 Å². The SMILES string of the molecule is CCOc1cccc(CC(=O)N[C@H](C(=O)N[C@@H](Cc2ccccc2)[C@@H](O)CC(=O)N[C@H](C(=O)N[C@H](C(=O)O)C(C)C)[C@@H](C)CC)[C@@H](C)CC)c1. The van der Waals surface area contributed by atoms with E-state index in [4.69, 9.17) is 4.74 Å². The first kappa shape index (κ1) is 41.7. The van der Waals surface area contributed by atoms with Gasteiger partial charge < -0.3 is 36.2 Å². The van der Waals surface area contributed by atoms with Crippen molar-refractivity contribution in [2.45, 2.75) is 111 Å². The molecule has 2 rings (SSSR count). The molecule has 4 amide bonds. The number of nitrogens with one attached hydrogen (secondary N) is 4. The van der Waals surface area contributed by atoms with Gasteiger partial charge in [-0.05, 0) is 54.4 Å². The molecule has 2 aromatic carbocycles. The molecular formula is C38H56N4O8. The van der Waals surface area contributed by atoms with Crippen LogP contribution in [0.15, 0.2) is 54.6 Å². The minimum atomic E-state index is -1.36. The molecule has 0 saturated carbocycles. The van der Waals surface area contributed by atoms with Gasteiger partial charge >= 0.3 is 5.97 Å². The van der Waals surface area contributed by atoms with Crippen LogP contribution >= 0.6 is 0 Å². The van der Waals surface area contributed by atoms with Crippen molar-refractivity contribution in [3.63, 3.8) is 0 Å². The molecule has 0 aromatic heterocycles. The van der Waals surface area contributed by atoms with E-state index in [0.717, 1.165) is 11.1 Å². The predicted octanol–water partition coefficient (Wildman–Crippen LogP) is 3.39. The number of amides is 4. The van der Waals surface area contributed by atoms with E-state index < -0.39 is 60.4 Å². The molecule has 7 atom stereocenters. The van der Waals surface area contributed by atoms with E-state index in [9.17, 15) is 34.2 Å². The number of hydrogen-bond acceptors (Lipinski definition) is 7. The van der Waals surface area contributed by atoms with E-state index in [1.54, 1.807) is 39.0 Å². The second-order valence-electron chi connectivity index (χ2n) is 13.3. The third kappa shape index (κ3) is 13.5. The fourth-order valence-electron chi connectivity index (χ4n) is 5.47. The van der Waals surface area contributed by atoms with Gasteiger partial charge in [0.1, 0.15) is 23.9 Å². The number of carboxylic acids is 1. The molecule has 0 unspecified atom stereocenters. The Hall–Kier alpha value is -4.45. The summed E-state index contributed by atoms with van der Waals surface area (Å²) in [5, 5.41) is 31.9. The zero-order valence-corrected chi connectivity index (χ0v) is 30.4. The Morgan fingerprint density at radius 1 is 0.700 bits per heavy atom. The van der Waals surface area contributed by atoms with Crippen LogP contribution in [0.5, 0.6) is 5.75 Å². The van der Waals surface area contributed by atoms with Crippen molar-refractivity contribution in [3.05, 3.63) is 65.7 Å². The minimum absolute atomic E-state index is 0.0344. The summed E-state index contributed by atoms with van der Waals surface area (Å²) in [4.78, 5) is 65.2. The van der Waals surface area contributed by atoms with E-state index in [-0.39, 0.29) is 36.5 Å². The lowest BCUT2D eigenvalue weighted by Crippen LogP contribution is -2.57. The molecule has 0 heterocycles. The summed E-state index contributed by atoms with van der Waals surface area (Å²) in [5.41, 5.74) is 1.54. The fourth-order valence-corrected chi connectivity index (χ4v) is 5.47. The van der Waals surface area contributed by atoms with E-state index >= 15 is 0 Å². The number of carboxylic acid groups (broad SMARTS) is 1. The quantitative estimate of drug-likeness (QED) is 0.115. The molecule has 50 heavy (non-hydrogen) atoms. The highest BCUT2D eigenvalue weighted by Crippen LogP contribution is 2.17. The summed E-state index contributed by atoms with van der Waals surface area (Å²) in [6, 6.07) is 12.4. The maximum atomic E-state index is 13.8. The van der Waals surface area contributed by atoms with Crippen molar-refractivity contribution in [1.82, 2.24) is 21.3 Å². The topological polar surface area (TPSA) is 183 Å². The predicted molar refractivity (Wildman–Crippen MR) is 191 cm³/mol. The van der Waals surface area contributed by atoms with Crippen LogP contribution in [-0.2, 0) is 36.8 Å². The van der Waals surface area contributed by atoms with Gasteiger partial charge in [-0.15, -0.1) is 0 Å². The third-order valence-corrected chi connectivity index (χ3v) is 8.91. The molecule has 6 N–H and O–H groups in total. The van der Waals surface area contributed by atoms with Gasteiger partial charge in [0, 0.05) is 0 Å². The molecular weight excluding hydrogens is 640 g/mol. The number of ether oxygens (including phenoxy) is 1. The monoisotopic (exact) mass is 696 g/mol. The van der Waals surface area contributed by atoms with Crippen LogP contribution in [-0.4, -0.2) is 76.7 Å². The number of hydrogen-bond donors (Lipinski definition) is 6. The van der Waals surface area contributed by atoms with Gasteiger partial charge in [0.25, 0.3) is 0 Å². The van der Waals surface area contributed by atoms with Crippen LogP contribution in [0, 0.1) is 17.8 Å². The minimum Gasteiger partial charge on any atom is -0.494 e. The van der Waals surface area contributed by atoms with Crippen molar-refractivity contribution in [3.8, 4) is 5.75 Å². The van der Waals surface area contributed by atoms with Gasteiger partial charge in [-0.2, -0.15) is 0 Å². The molecule has 0 aliphatic rings. The second kappa shape index (κ2) is 20.9. The van der Waals surface area contributed by atoms with Gasteiger partial charge in [-0.1, -0.05) is 96.8 Å². The zero-order valence-electron chi connectivity index (χ0n) is 30.4. The largest absolute Gasteiger partial charge is 0.494 e. The molecule has 0 fully saturated rings. The van der Waals surface area contributed by atoms with Crippen molar-refractivity contribution in [1.29, 1.82) is 0 Å². The first-order valence-corrected chi connectivity index (χ1v) is 17.6. The average molecular weight is 697 g/mol. The number of rotatable bonds is 21. The second-order valence-corrected chi connectivity index (χ2v) is 13.3. The van der Waals surface area contributed by atoms with E-state index in [1.807, 2.05) is 64.1 Å². The van der Waals surface area contributed by atoms with E-state index in [0.29, 0.717) is 25.2 Å². The standard InChI is InChI=1S/C38H56N4O8/c1-8-24(6)34(40-31(44)21-27-17-14-18-28(19-27)50-10-3)36(46)39-29(20-26-15-12-11-13-16-26)30(43)22-32(45)41-35(25(7)9-2)37(47)42-33(23(4)5)38(48)49/h11-19,23-25,29-30,33-35,43H,8-10,20-22H2,1-7H3,(H,39,46)(H,40,44)(H,41,45)(H,42,47)(H,48,49)/t24-,25-,29-,30-,33-,34-,35-/m0/s1. The van der Waals surface area contributed by atoms with Gasteiger partial charge in [0.05, 0.1) is 31.6 Å². The van der Waals surface area contributed by atoms with Crippen molar-refractivity contribution < 1.29 is 38.9 Å². The fraction of sp³-hybridized carbons (Fsp3) is 0.553. The van der Waals surface area contributed by atoms with Crippen molar-refractivity contribution in [2.24, 2.45) is 17.8 Å². The maximum absolute atomic E-state index is 13.8. The smallest absolute Gasteiger partial charge is 0.326 e. The Kier molecular flexibility index (Phi) is 17.5. The highest BCUT2D eigenvalue weighted by Gasteiger charge is 2.34. The number of benzene rings is 2. The zero-order chi connectivity index (χ0) is 37.4. The van der Waals surface area contributed by atoms with Gasteiger partial charge in [-0.25, -0.2) is 4.79 Å². The molecule has 0 aliphatic carbocycles. The molecule has 0 radical (unpaired) electrons. The lowest BCUT2D eigenvalue weighted by molar-refractivity contribution is -0.143. The molecule has 276 valence electrons. The van der Waals surface area contributed by atoms with Crippen LogP contribution < -0.4 is 26.0 Å². The van der Waals surface area contributed by atoms with Gasteiger partial charge in [-0.3, -0.25) is 19.2 Å². The van der Waals surface area contributed by atoms with E-state index in [1.165, 1.54) is 0 Å². The molecule has 12 heteroatoms. The molecule has 12 nitrogen and oxygen atoms in total. The summed E-state index contributed by atoms with van der Waals surface area (Å²) in [5.74, 6) is -3.62. The summed E-state index contributed by atoms with van der Waals surface area (Å²) >= 11 is 0. The summed E-state index contributed by atoms with van der Waals surface area (Å²) in [6.45, 7) is 13.1. The molecule has 2 aromatic rings. The Balaban J connectivity index is 2.24. The first-order valence-electron chi connectivity index (χ1n) is 17.6. The Bertz CT molecular complexity index is 1400. The Morgan fingerprint density at radius 3 is 1.80 bits per heavy atom. The third-order valence-electron chi connectivity index (χ3n) is 8.91. The maximum Gasteiger partial charge on any atom is 0.326 e. The highest BCUT2D eigenvalue weighted by molar-refractivity contribution is 5.91. The number of aliphatic carboxylic acids is 1. The van der Waals surface area contributed by atoms with Crippen LogP contribution in [0.1, 0.15) is 78.9 Å². The highest BCUT2D eigenvalue weighted by atomic mass is 16.5. The lowest BCUT2D eigenvalue weighted by atomic mass is 9.94. The molecule has 0 spiro atoms. The number of aliphatic hydroxyl groups is 1. The van der Waals surface area contributed by atoms with Crippen LogP contribution in [0.25, 0.3) is 0 Å². The number of carbonyl (C=O) groups excluding carboxylic acids is 4. The molecule has 0 aliphatic heterocycles. The normalized spacial score (nSPS) is 15.4. The van der Waals surface area contributed by atoms with Gasteiger partial charge in [0.15, 0.2) is 0 Å². The van der Waals surface area contributed by atoms with Crippen molar-refractivity contribution in [2.75, 3.05) is 6.61 Å². The molecule has 0 bridgehead atoms. The number of aliphatic hydroxyl groups excluding tert-OH is 1. The molecule has 0 saturated heterocycles. The first-order chi connectivity index (χ1) is 23.7. The van der Waals surface area contributed by atoms with Crippen LogP contribution in [0.4, 0.5) is 0 Å². The summed E-state index contributed by atoms with van der Waals surface area (Å²) < 4.78 is 5.54. The average Bonchev–Trinajstić information content (AvgIpc) is 3.07. The Morgan fingerprint density at radius 2 is 1.26 bits per heavy atom. The van der Waals surface area contributed by atoms with E-state index in [2.05, 4.69) is 21.3 Å².